The van der Waals surface area contributed by atoms with Crippen molar-refractivity contribution in [3.63, 3.8) is 0 Å². The average Bonchev–Trinajstić information content (AvgIpc) is 2.03. The van der Waals surface area contributed by atoms with Crippen LogP contribution < -0.4 is 0 Å². The summed E-state index contributed by atoms with van der Waals surface area (Å²) in [4.78, 5) is 0. The molecule has 0 aliphatic heterocycles. The molecule has 0 N–H and O–H groups in total. The molecule has 0 nitrogen and oxygen atoms in total. The van der Waals surface area contributed by atoms with Crippen LogP contribution >= 0.6 is 0 Å². The number of hydrogen-bond donors (Lipinski definition) is 0. The van der Waals surface area contributed by atoms with E-state index < -0.39 is 0 Å². The molecule has 0 aromatic carbocycles. The van der Waals surface area contributed by atoms with E-state index in [0.29, 0.717) is 0 Å². The van der Waals surface area contributed by atoms with Crippen LogP contribution in [0.3, 0.4) is 0 Å². The van der Waals surface area contributed by atoms with Gasteiger partial charge in [0.1, 0.15) is 0 Å². The number of hydrogen-bond acceptors (Lipinski definition) is 0. The third kappa shape index (κ3) is 220. The van der Waals surface area contributed by atoms with Gasteiger partial charge >= 0.3 is 0 Å². The van der Waals surface area contributed by atoms with Gasteiger partial charge in [-0.1, -0.05) is 0 Å². The summed E-state index contributed by atoms with van der Waals surface area (Å²) in [6.45, 7) is 20.0. The molecule has 2 heteroatoms. The van der Waals surface area contributed by atoms with Gasteiger partial charge in [0.2, 0.25) is 0 Å². The SMILES string of the molecule is [CH2-]C.[CH2-]C.[CH2-]C.[CH2-]C.[Ca].[Zn]. The summed E-state index contributed by atoms with van der Waals surface area (Å²) in [5.74, 6) is 0. The third-order valence-electron chi connectivity index (χ3n) is 0. The first-order valence-electron chi connectivity index (χ1n) is 2.83. The Balaban J connectivity index is -0.00000000500. The minimum Gasteiger partial charge on any atom is -0.346 e. The Labute approximate surface area is 111 Å². The van der Waals surface area contributed by atoms with Crippen LogP contribution in [-0.4, -0.2) is 37.7 Å². The Hall–Kier alpha value is 1.88. The second-order valence-corrected chi connectivity index (χ2v) is 0. The molecule has 2 radical (unpaired) electrons. The summed E-state index contributed by atoms with van der Waals surface area (Å²) in [5, 5.41) is 0. The van der Waals surface area contributed by atoms with Crippen LogP contribution in [0.5, 0.6) is 0 Å². The summed E-state index contributed by atoms with van der Waals surface area (Å²) in [6, 6.07) is 0. The summed E-state index contributed by atoms with van der Waals surface area (Å²) in [7, 11) is 0. The van der Waals surface area contributed by atoms with Crippen molar-refractivity contribution in [1.29, 1.82) is 0 Å². The van der Waals surface area contributed by atoms with Crippen LogP contribution in [-0.2, 0) is 19.5 Å². The molecule has 0 amide bonds. The van der Waals surface area contributed by atoms with Gasteiger partial charge in [-0.2, -0.15) is 27.7 Å². The van der Waals surface area contributed by atoms with Gasteiger partial charge in [-0.05, 0) is 0 Å². The fourth-order valence-electron chi connectivity index (χ4n) is 0. The molecular formula is C8H20CaZn-4. The molecule has 0 rings (SSSR count). The molecule has 10 heavy (non-hydrogen) atoms. The Morgan fingerprint density at radius 2 is 0.500 bits per heavy atom. The van der Waals surface area contributed by atoms with Crippen LogP contribution in [0.15, 0.2) is 0 Å². The number of rotatable bonds is 0. The Bertz CT molecular complexity index is 9.22. The van der Waals surface area contributed by atoms with E-state index in [-0.39, 0.29) is 57.2 Å². The molecule has 0 aliphatic rings. The van der Waals surface area contributed by atoms with Crippen molar-refractivity contribution in [3.05, 3.63) is 27.7 Å². The maximum absolute atomic E-state index is 3.25. The van der Waals surface area contributed by atoms with E-state index in [0.717, 1.165) is 0 Å². The first kappa shape index (κ1) is 40.7. The molecule has 0 unspecified atom stereocenters. The van der Waals surface area contributed by atoms with E-state index in [1.165, 1.54) is 0 Å². The topological polar surface area (TPSA) is 0 Å². The molecule has 0 fully saturated rings. The molecule has 0 bridgehead atoms. The molecular weight excluding hydrogens is 202 g/mol. The van der Waals surface area contributed by atoms with Gasteiger partial charge in [0, 0.05) is 57.2 Å². The Morgan fingerprint density at radius 3 is 0.500 bits per heavy atom. The molecule has 0 aromatic heterocycles. The van der Waals surface area contributed by atoms with E-state index in [2.05, 4.69) is 27.7 Å². The predicted octanol–water partition coefficient (Wildman–Crippen LogP) is 2.98. The molecule has 0 saturated heterocycles. The van der Waals surface area contributed by atoms with Crippen LogP contribution in [0.25, 0.3) is 0 Å². The van der Waals surface area contributed by atoms with Gasteiger partial charge in [0.15, 0.2) is 0 Å². The quantitative estimate of drug-likeness (QED) is 0.436. The molecule has 60 valence electrons. The fraction of sp³-hybridized carbons (Fsp3) is 0.500. The minimum absolute atomic E-state index is 0. The van der Waals surface area contributed by atoms with Gasteiger partial charge < -0.3 is 27.7 Å². The van der Waals surface area contributed by atoms with E-state index in [9.17, 15) is 0 Å². The monoisotopic (exact) mass is 220 g/mol. The second-order valence-electron chi connectivity index (χ2n) is 0. The summed E-state index contributed by atoms with van der Waals surface area (Å²) < 4.78 is 0. The summed E-state index contributed by atoms with van der Waals surface area (Å²) in [6.07, 6.45) is 0. The van der Waals surface area contributed by atoms with Gasteiger partial charge in [-0.15, -0.1) is 0 Å². The Morgan fingerprint density at radius 1 is 0.500 bits per heavy atom. The molecule has 0 heterocycles. The van der Waals surface area contributed by atoms with Gasteiger partial charge in [-0.3, -0.25) is 0 Å². The summed E-state index contributed by atoms with van der Waals surface area (Å²) >= 11 is 0. The standard InChI is InChI=1S/4C2H5.Ca.Zn/c4*1-2;;/h4*1H2,2H3;;/q4*-1;;. The zero-order valence-corrected chi connectivity index (χ0v) is 13.4. The smallest absolute Gasteiger partial charge is 0 e. The van der Waals surface area contributed by atoms with Crippen LogP contribution in [0.4, 0.5) is 0 Å². The fourth-order valence-corrected chi connectivity index (χ4v) is 0. The van der Waals surface area contributed by atoms with E-state index >= 15 is 0 Å². The molecule has 0 atom stereocenters. The van der Waals surface area contributed by atoms with Gasteiger partial charge in [0.05, 0.1) is 0 Å². The minimum atomic E-state index is 0. The zero-order valence-electron chi connectivity index (χ0n) is 8.24. The summed E-state index contributed by atoms with van der Waals surface area (Å²) in [5.41, 5.74) is 0. The molecule has 0 saturated carbocycles. The van der Waals surface area contributed by atoms with Crippen molar-refractivity contribution >= 4 is 37.7 Å². The largest absolute Gasteiger partial charge is 0.346 e. The van der Waals surface area contributed by atoms with Crippen LogP contribution in [0.2, 0.25) is 0 Å². The van der Waals surface area contributed by atoms with E-state index in [1.54, 1.807) is 27.7 Å². The normalized spacial score (nSPS) is 2.40. The zero-order chi connectivity index (χ0) is 8.00. The van der Waals surface area contributed by atoms with Crippen molar-refractivity contribution in [1.82, 2.24) is 0 Å². The van der Waals surface area contributed by atoms with Crippen molar-refractivity contribution in [2.45, 2.75) is 27.7 Å². The molecule has 0 aliphatic carbocycles. The third-order valence-corrected chi connectivity index (χ3v) is 0. The maximum Gasteiger partial charge on any atom is 0 e. The van der Waals surface area contributed by atoms with Crippen molar-refractivity contribution in [2.75, 3.05) is 0 Å². The van der Waals surface area contributed by atoms with Crippen LogP contribution in [0, 0.1) is 27.7 Å². The first-order valence-corrected chi connectivity index (χ1v) is 2.83. The molecule has 0 spiro atoms. The van der Waals surface area contributed by atoms with Crippen molar-refractivity contribution in [3.8, 4) is 0 Å². The Kier molecular flexibility index (Phi) is 1220. The van der Waals surface area contributed by atoms with Crippen molar-refractivity contribution < 1.29 is 19.5 Å². The van der Waals surface area contributed by atoms with Gasteiger partial charge in [-0.25, -0.2) is 0 Å². The van der Waals surface area contributed by atoms with E-state index in [1.807, 2.05) is 0 Å². The maximum atomic E-state index is 3.25. The van der Waals surface area contributed by atoms with Crippen LogP contribution in [0.1, 0.15) is 27.7 Å². The van der Waals surface area contributed by atoms with E-state index in [4.69, 9.17) is 0 Å². The molecule has 0 aromatic rings. The van der Waals surface area contributed by atoms with Crippen molar-refractivity contribution in [2.24, 2.45) is 0 Å². The predicted molar refractivity (Wildman–Crippen MR) is 49.9 cm³/mol. The first-order chi connectivity index (χ1) is 4.00. The van der Waals surface area contributed by atoms with Gasteiger partial charge in [0.25, 0.3) is 0 Å². The second kappa shape index (κ2) is 300. The average molecular weight is 222 g/mol.